The first-order chi connectivity index (χ1) is 13.6. The minimum atomic E-state index is 0. The molecule has 0 saturated heterocycles. The molecule has 0 aliphatic rings. The highest BCUT2D eigenvalue weighted by Gasteiger charge is 2.10. The number of ether oxygens (including phenoxy) is 1. The Morgan fingerprint density at radius 3 is 2.59 bits per heavy atom. The molecule has 29 heavy (non-hydrogen) atoms. The van der Waals surface area contributed by atoms with E-state index in [1.807, 2.05) is 42.5 Å². The zero-order valence-corrected chi connectivity index (χ0v) is 19.6. The molecule has 2 aromatic rings. The summed E-state index contributed by atoms with van der Waals surface area (Å²) in [6, 6.07) is 13.7. The molecule has 7 nitrogen and oxygen atoms in total. The predicted octanol–water partition coefficient (Wildman–Crippen LogP) is 2.12. The number of nitrogens with one attached hydrogen (secondary N) is 2. The second kappa shape index (κ2) is 13.8. The van der Waals surface area contributed by atoms with E-state index in [9.17, 15) is 4.79 Å². The number of hydrogen-bond acceptors (Lipinski definition) is 4. The lowest BCUT2D eigenvalue weighted by atomic mass is 10.1. The molecular formula is C21H30IN5O2. The molecule has 8 heteroatoms. The van der Waals surface area contributed by atoms with Gasteiger partial charge in [-0.3, -0.25) is 14.8 Å². The van der Waals surface area contributed by atoms with Crippen LogP contribution in [0.25, 0.3) is 0 Å². The molecule has 0 aliphatic carbocycles. The number of nitrogens with zero attached hydrogens (tertiary/aromatic N) is 3. The van der Waals surface area contributed by atoms with E-state index in [-0.39, 0.29) is 36.4 Å². The topological polar surface area (TPSA) is 78.9 Å². The monoisotopic (exact) mass is 511 g/mol. The van der Waals surface area contributed by atoms with Crippen molar-refractivity contribution in [2.24, 2.45) is 4.99 Å². The zero-order chi connectivity index (χ0) is 20.2. The number of aromatic nitrogens is 1. The largest absolute Gasteiger partial charge is 0.496 e. The van der Waals surface area contributed by atoms with E-state index in [4.69, 9.17) is 4.74 Å². The molecule has 2 N–H and O–H groups in total. The van der Waals surface area contributed by atoms with Crippen LogP contribution < -0.4 is 15.4 Å². The van der Waals surface area contributed by atoms with Crippen LogP contribution in [0.1, 0.15) is 11.3 Å². The van der Waals surface area contributed by atoms with Gasteiger partial charge in [0.2, 0.25) is 5.91 Å². The molecule has 0 radical (unpaired) electrons. The van der Waals surface area contributed by atoms with Crippen LogP contribution in [0.5, 0.6) is 5.75 Å². The van der Waals surface area contributed by atoms with Crippen LogP contribution in [-0.4, -0.2) is 62.6 Å². The summed E-state index contributed by atoms with van der Waals surface area (Å²) in [6.07, 6.45) is 3.29. The number of amides is 1. The van der Waals surface area contributed by atoms with Gasteiger partial charge in [0.1, 0.15) is 5.75 Å². The Balaban J connectivity index is 0.00000420. The molecule has 1 amide bonds. The van der Waals surface area contributed by atoms with E-state index in [1.54, 1.807) is 32.3 Å². The van der Waals surface area contributed by atoms with Crippen LogP contribution >= 0.6 is 24.0 Å². The second-order valence-corrected chi connectivity index (χ2v) is 6.30. The maximum Gasteiger partial charge on any atom is 0.241 e. The van der Waals surface area contributed by atoms with Gasteiger partial charge in [-0.25, -0.2) is 0 Å². The first-order valence-corrected chi connectivity index (χ1v) is 9.34. The summed E-state index contributed by atoms with van der Waals surface area (Å²) in [5, 5.41) is 6.29. The molecule has 158 valence electrons. The third-order valence-electron chi connectivity index (χ3n) is 4.37. The number of pyridine rings is 1. The van der Waals surface area contributed by atoms with Gasteiger partial charge in [0, 0.05) is 45.5 Å². The molecular weight excluding hydrogens is 481 g/mol. The van der Waals surface area contributed by atoms with Crippen molar-refractivity contribution in [2.75, 3.05) is 40.8 Å². The lowest BCUT2D eigenvalue weighted by Crippen LogP contribution is -2.44. The van der Waals surface area contributed by atoms with Gasteiger partial charge in [-0.1, -0.05) is 24.3 Å². The van der Waals surface area contributed by atoms with E-state index in [1.165, 1.54) is 0 Å². The van der Waals surface area contributed by atoms with E-state index in [2.05, 4.69) is 20.6 Å². The Morgan fingerprint density at radius 1 is 1.14 bits per heavy atom. The van der Waals surface area contributed by atoms with E-state index in [0.717, 1.165) is 29.8 Å². The third kappa shape index (κ3) is 8.68. The van der Waals surface area contributed by atoms with Gasteiger partial charge in [-0.05, 0) is 30.2 Å². The van der Waals surface area contributed by atoms with E-state index < -0.39 is 0 Å². The number of likely N-dealkylation sites (N-methyl/N-ethyl adjacent to an activating group) is 1. The summed E-state index contributed by atoms with van der Waals surface area (Å²) < 4.78 is 5.36. The van der Waals surface area contributed by atoms with E-state index >= 15 is 0 Å². The summed E-state index contributed by atoms with van der Waals surface area (Å²) in [4.78, 5) is 22.5. The summed E-state index contributed by atoms with van der Waals surface area (Å²) in [7, 11) is 5.15. The Hall–Kier alpha value is -2.36. The highest BCUT2D eigenvalue weighted by molar-refractivity contribution is 14.0. The van der Waals surface area contributed by atoms with Gasteiger partial charge in [0.05, 0.1) is 13.7 Å². The van der Waals surface area contributed by atoms with Crippen LogP contribution in [0.15, 0.2) is 53.7 Å². The van der Waals surface area contributed by atoms with Crippen molar-refractivity contribution >= 4 is 35.8 Å². The average Bonchev–Trinajstić information content (AvgIpc) is 2.75. The molecule has 0 saturated carbocycles. The van der Waals surface area contributed by atoms with Crippen LogP contribution in [0.4, 0.5) is 0 Å². The van der Waals surface area contributed by atoms with Crippen LogP contribution in [0, 0.1) is 0 Å². The lowest BCUT2D eigenvalue weighted by Gasteiger charge is -2.18. The number of guanidine groups is 1. The van der Waals surface area contributed by atoms with Crippen LogP contribution in [0.2, 0.25) is 0 Å². The molecule has 1 aromatic heterocycles. The summed E-state index contributed by atoms with van der Waals surface area (Å²) >= 11 is 0. The first kappa shape index (κ1) is 24.7. The Kier molecular flexibility index (Phi) is 11.7. The second-order valence-electron chi connectivity index (χ2n) is 6.30. The Morgan fingerprint density at radius 2 is 1.90 bits per heavy atom. The number of para-hydroxylation sites is 1. The minimum Gasteiger partial charge on any atom is -0.496 e. The quantitative estimate of drug-likeness (QED) is 0.307. The van der Waals surface area contributed by atoms with Gasteiger partial charge in [0.15, 0.2) is 5.96 Å². The maximum atomic E-state index is 12.3. The molecule has 0 atom stereocenters. The number of hydrogen-bond donors (Lipinski definition) is 2. The molecule has 0 fully saturated rings. The summed E-state index contributed by atoms with van der Waals surface area (Å²) in [5.74, 6) is 1.47. The predicted molar refractivity (Wildman–Crippen MR) is 127 cm³/mol. The van der Waals surface area contributed by atoms with Crippen molar-refractivity contribution < 1.29 is 9.53 Å². The molecule has 0 aliphatic heterocycles. The number of halogens is 1. The average molecular weight is 511 g/mol. The molecule has 2 rings (SSSR count). The Labute approximate surface area is 190 Å². The number of aliphatic imine (C=N–C) groups is 1. The molecule has 1 heterocycles. The van der Waals surface area contributed by atoms with Crippen molar-refractivity contribution in [1.82, 2.24) is 20.5 Å². The van der Waals surface area contributed by atoms with Gasteiger partial charge < -0.3 is 20.3 Å². The van der Waals surface area contributed by atoms with Gasteiger partial charge in [-0.15, -0.1) is 24.0 Å². The fourth-order valence-corrected chi connectivity index (χ4v) is 2.69. The molecule has 0 unspecified atom stereocenters. The first-order valence-electron chi connectivity index (χ1n) is 9.34. The van der Waals surface area contributed by atoms with Crippen LogP contribution in [0.3, 0.4) is 0 Å². The highest BCUT2D eigenvalue weighted by Crippen LogP contribution is 2.17. The SMILES string of the molecule is CN=C(NCCc1ccccc1OC)NCC(=O)N(C)CCc1ccccn1.I. The number of methoxy groups -OCH3 is 1. The van der Waals surface area contributed by atoms with Gasteiger partial charge >= 0.3 is 0 Å². The number of carbonyl (C=O) groups is 1. The summed E-state index contributed by atoms with van der Waals surface area (Å²) in [5.41, 5.74) is 2.10. The smallest absolute Gasteiger partial charge is 0.241 e. The van der Waals surface area contributed by atoms with Gasteiger partial charge in [0.25, 0.3) is 0 Å². The Bertz CT molecular complexity index is 771. The molecule has 0 bridgehead atoms. The van der Waals surface area contributed by atoms with Crippen molar-refractivity contribution in [2.45, 2.75) is 12.8 Å². The molecule has 0 spiro atoms. The maximum absolute atomic E-state index is 12.3. The van der Waals surface area contributed by atoms with Crippen molar-refractivity contribution in [3.8, 4) is 5.75 Å². The fraction of sp³-hybridized carbons (Fsp3) is 0.381. The third-order valence-corrected chi connectivity index (χ3v) is 4.37. The molecule has 1 aromatic carbocycles. The standard InChI is InChI=1S/C21H29N5O2.HI/c1-22-21(24-14-11-17-8-4-5-10-19(17)28-3)25-16-20(27)26(2)15-12-18-9-6-7-13-23-18;/h4-10,13H,11-12,14-16H2,1-3H3,(H2,22,24,25);1H. The number of carbonyl (C=O) groups excluding carboxylic acids is 1. The van der Waals surface area contributed by atoms with Crippen molar-refractivity contribution in [1.29, 1.82) is 0 Å². The van der Waals surface area contributed by atoms with Crippen molar-refractivity contribution in [3.63, 3.8) is 0 Å². The summed E-state index contributed by atoms with van der Waals surface area (Å²) in [6.45, 7) is 1.49. The normalized spacial score (nSPS) is 10.7. The fourth-order valence-electron chi connectivity index (χ4n) is 2.69. The lowest BCUT2D eigenvalue weighted by molar-refractivity contribution is -0.128. The zero-order valence-electron chi connectivity index (χ0n) is 17.2. The van der Waals surface area contributed by atoms with Crippen LogP contribution in [-0.2, 0) is 17.6 Å². The minimum absolute atomic E-state index is 0. The van der Waals surface area contributed by atoms with Crippen molar-refractivity contribution in [3.05, 3.63) is 59.9 Å². The van der Waals surface area contributed by atoms with E-state index in [0.29, 0.717) is 19.0 Å². The number of rotatable bonds is 9. The van der Waals surface area contributed by atoms with Gasteiger partial charge in [-0.2, -0.15) is 0 Å². The number of benzene rings is 1. The highest BCUT2D eigenvalue weighted by atomic mass is 127.